The quantitative estimate of drug-likeness (QED) is 0.735. The number of aromatic nitrogens is 2. The maximum atomic E-state index is 13.3. The average Bonchev–Trinajstić information content (AvgIpc) is 2.89. The minimum atomic E-state index is -0.517. The number of carbonyl (C=O) groups is 1. The first-order valence-corrected chi connectivity index (χ1v) is 7.64. The molecule has 22 heavy (non-hydrogen) atoms. The number of rotatable bonds is 3. The lowest BCUT2D eigenvalue weighted by molar-refractivity contribution is -0.117. The molecule has 0 aliphatic heterocycles. The highest BCUT2D eigenvalue weighted by Gasteiger charge is 2.14. The second kappa shape index (κ2) is 5.62. The van der Waals surface area contributed by atoms with Crippen LogP contribution in [0.15, 0.2) is 34.7 Å². The van der Waals surface area contributed by atoms with Crippen molar-refractivity contribution in [1.82, 2.24) is 9.55 Å². The Morgan fingerprint density at radius 3 is 2.91 bits per heavy atom. The highest BCUT2D eigenvalue weighted by Crippen LogP contribution is 2.32. The second-order valence-electron chi connectivity index (χ2n) is 4.84. The Morgan fingerprint density at radius 2 is 2.23 bits per heavy atom. The summed E-state index contributed by atoms with van der Waals surface area (Å²) in [6.07, 6.45) is 1.37. The minimum Gasteiger partial charge on any atom is -0.298 e. The molecule has 2 heterocycles. The fourth-order valence-electron chi connectivity index (χ4n) is 2.20. The van der Waals surface area contributed by atoms with Crippen LogP contribution in [0.2, 0.25) is 5.02 Å². The zero-order chi connectivity index (χ0) is 15.9. The predicted molar refractivity (Wildman–Crippen MR) is 85.0 cm³/mol. The third-order valence-corrected chi connectivity index (χ3v) is 4.36. The number of ketones is 1. The number of hydrogen-bond acceptors (Lipinski definition) is 4. The zero-order valence-corrected chi connectivity index (χ0v) is 13.0. The summed E-state index contributed by atoms with van der Waals surface area (Å²) < 4.78 is 14.6. The van der Waals surface area contributed by atoms with Crippen LogP contribution in [0.1, 0.15) is 6.92 Å². The molecule has 0 saturated carbocycles. The molecule has 0 N–H and O–H groups in total. The fraction of sp³-hybridized carbons (Fsp3) is 0.133. The number of halogens is 2. The van der Waals surface area contributed by atoms with Crippen molar-refractivity contribution >= 4 is 38.9 Å². The van der Waals surface area contributed by atoms with Gasteiger partial charge in [-0.15, -0.1) is 11.3 Å². The molecule has 4 nitrogen and oxygen atoms in total. The van der Waals surface area contributed by atoms with Gasteiger partial charge in [0.25, 0.3) is 5.56 Å². The van der Waals surface area contributed by atoms with Gasteiger partial charge in [-0.05, 0) is 24.6 Å². The SMILES string of the molecule is CC(=O)Cn1cnc2scc(-c3ccc(F)c(Cl)c3)c2c1=O. The third kappa shape index (κ3) is 2.55. The van der Waals surface area contributed by atoms with Crippen LogP contribution in [0, 0.1) is 5.82 Å². The Balaban J connectivity index is 2.24. The Labute approximate surface area is 133 Å². The standard InChI is InChI=1S/C15H10ClFN2O2S/c1-8(20)5-19-7-18-14-13(15(19)21)10(6-22-14)9-2-3-12(17)11(16)4-9/h2-4,6-7H,5H2,1H3. The van der Waals surface area contributed by atoms with Crippen molar-refractivity contribution in [3.8, 4) is 11.1 Å². The van der Waals surface area contributed by atoms with E-state index in [9.17, 15) is 14.0 Å². The topological polar surface area (TPSA) is 52.0 Å². The number of fused-ring (bicyclic) bond motifs is 1. The second-order valence-corrected chi connectivity index (χ2v) is 6.10. The molecule has 0 radical (unpaired) electrons. The summed E-state index contributed by atoms with van der Waals surface area (Å²) in [6, 6.07) is 4.29. The van der Waals surface area contributed by atoms with Gasteiger partial charge in [0, 0.05) is 10.9 Å². The average molecular weight is 337 g/mol. The first-order chi connectivity index (χ1) is 10.5. The molecule has 0 aliphatic carbocycles. The number of thiophene rings is 1. The summed E-state index contributed by atoms with van der Waals surface area (Å²) >= 11 is 7.12. The van der Waals surface area contributed by atoms with Crippen molar-refractivity contribution in [3.63, 3.8) is 0 Å². The molecule has 0 bridgehead atoms. The van der Waals surface area contributed by atoms with E-state index in [1.807, 2.05) is 0 Å². The van der Waals surface area contributed by atoms with Crippen LogP contribution < -0.4 is 5.56 Å². The molecule has 0 spiro atoms. The number of hydrogen-bond donors (Lipinski definition) is 0. The van der Waals surface area contributed by atoms with E-state index in [-0.39, 0.29) is 22.9 Å². The van der Waals surface area contributed by atoms with Crippen LogP contribution in [0.25, 0.3) is 21.3 Å². The number of benzene rings is 1. The Morgan fingerprint density at radius 1 is 1.45 bits per heavy atom. The van der Waals surface area contributed by atoms with Gasteiger partial charge >= 0.3 is 0 Å². The first kappa shape index (κ1) is 14.9. The largest absolute Gasteiger partial charge is 0.298 e. The molecule has 7 heteroatoms. The minimum absolute atomic E-state index is 0.00944. The summed E-state index contributed by atoms with van der Waals surface area (Å²) in [7, 11) is 0. The lowest BCUT2D eigenvalue weighted by Crippen LogP contribution is -2.23. The molecule has 0 amide bonds. The lowest BCUT2D eigenvalue weighted by atomic mass is 10.1. The first-order valence-electron chi connectivity index (χ1n) is 6.39. The Kier molecular flexibility index (Phi) is 3.80. The van der Waals surface area contributed by atoms with Crippen LogP contribution in [-0.4, -0.2) is 15.3 Å². The normalized spacial score (nSPS) is 11.0. The van der Waals surface area contributed by atoms with Gasteiger partial charge in [0.2, 0.25) is 0 Å². The van der Waals surface area contributed by atoms with Gasteiger partial charge in [-0.2, -0.15) is 0 Å². The highest BCUT2D eigenvalue weighted by atomic mass is 35.5. The van der Waals surface area contributed by atoms with Crippen molar-refractivity contribution in [1.29, 1.82) is 0 Å². The molecule has 112 valence electrons. The molecule has 0 saturated heterocycles. The Hall–Kier alpha value is -2.05. The van der Waals surface area contributed by atoms with E-state index >= 15 is 0 Å². The fourth-order valence-corrected chi connectivity index (χ4v) is 3.28. The van der Waals surface area contributed by atoms with E-state index in [0.717, 1.165) is 0 Å². The predicted octanol–water partition coefficient (Wildman–Crippen LogP) is 3.51. The number of Topliss-reactive ketones (excluding diaryl/α,β-unsaturated/α-hetero) is 1. The van der Waals surface area contributed by atoms with E-state index in [0.29, 0.717) is 21.3 Å². The molecular formula is C15H10ClFN2O2S. The van der Waals surface area contributed by atoms with Crippen LogP contribution in [-0.2, 0) is 11.3 Å². The van der Waals surface area contributed by atoms with Gasteiger partial charge in [0.15, 0.2) is 0 Å². The van der Waals surface area contributed by atoms with Crippen LogP contribution in [0.5, 0.6) is 0 Å². The van der Waals surface area contributed by atoms with E-state index in [4.69, 9.17) is 11.6 Å². The maximum Gasteiger partial charge on any atom is 0.263 e. The smallest absolute Gasteiger partial charge is 0.263 e. The van der Waals surface area contributed by atoms with Gasteiger partial charge < -0.3 is 0 Å². The van der Waals surface area contributed by atoms with Crippen LogP contribution >= 0.6 is 22.9 Å². The molecule has 2 aromatic heterocycles. The van der Waals surface area contributed by atoms with Crippen molar-refractivity contribution < 1.29 is 9.18 Å². The van der Waals surface area contributed by atoms with Gasteiger partial charge in [-0.3, -0.25) is 14.2 Å². The van der Waals surface area contributed by atoms with E-state index in [1.165, 1.54) is 41.3 Å². The van der Waals surface area contributed by atoms with Gasteiger partial charge in [-0.25, -0.2) is 9.37 Å². The van der Waals surface area contributed by atoms with Gasteiger partial charge in [0.05, 0.1) is 23.3 Å². The molecule has 0 atom stereocenters. The van der Waals surface area contributed by atoms with Crippen molar-refractivity contribution in [2.24, 2.45) is 0 Å². The molecule has 0 unspecified atom stereocenters. The highest BCUT2D eigenvalue weighted by molar-refractivity contribution is 7.17. The maximum absolute atomic E-state index is 13.3. The van der Waals surface area contributed by atoms with E-state index in [1.54, 1.807) is 11.4 Å². The monoisotopic (exact) mass is 336 g/mol. The Bertz CT molecular complexity index is 948. The van der Waals surface area contributed by atoms with Crippen molar-refractivity contribution in [2.75, 3.05) is 0 Å². The zero-order valence-electron chi connectivity index (χ0n) is 11.5. The summed E-state index contributed by atoms with van der Waals surface area (Å²) in [6.45, 7) is 1.38. The molecular weight excluding hydrogens is 327 g/mol. The van der Waals surface area contributed by atoms with Crippen LogP contribution in [0.3, 0.4) is 0 Å². The lowest BCUT2D eigenvalue weighted by Gasteiger charge is -2.04. The molecule has 3 rings (SSSR count). The van der Waals surface area contributed by atoms with Crippen LogP contribution in [0.4, 0.5) is 4.39 Å². The summed E-state index contributed by atoms with van der Waals surface area (Å²) in [5.41, 5.74) is 0.978. The molecule has 1 aromatic carbocycles. The number of carbonyl (C=O) groups excluding carboxylic acids is 1. The molecule has 3 aromatic rings. The summed E-state index contributed by atoms with van der Waals surface area (Å²) in [5.74, 6) is -0.651. The summed E-state index contributed by atoms with van der Waals surface area (Å²) in [4.78, 5) is 28.5. The van der Waals surface area contributed by atoms with E-state index in [2.05, 4.69) is 4.98 Å². The summed E-state index contributed by atoms with van der Waals surface area (Å²) in [5, 5.41) is 2.18. The molecule has 0 fully saturated rings. The van der Waals surface area contributed by atoms with Crippen molar-refractivity contribution in [3.05, 3.63) is 51.1 Å². The van der Waals surface area contributed by atoms with Crippen molar-refractivity contribution in [2.45, 2.75) is 13.5 Å². The van der Waals surface area contributed by atoms with Gasteiger partial charge in [0.1, 0.15) is 16.4 Å². The van der Waals surface area contributed by atoms with Gasteiger partial charge in [-0.1, -0.05) is 17.7 Å². The third-order valence-electron chi connectivity index (χ3n) is 3.18. The molecule has 0 aliphatic rings. The number of nitrogens with zero attached hydrogens (tertiary/aromatic N) is 2. The van der Waals surface area contributed by atoms with E-state index < -0.39 is 5.82 Å².